The van der Waals surface area contributed by atoms with Gasteiger partial charge >= 0.3 is 0 Å². The predicted octanol–water partition coefficient (Wildman–Crippen LogP) is 3.52. The first-order valence-electron chi connectivity index (χ1n) is 6.86. The van der Waals surface area contributed by atoms with E-state index in [1.807, 2.05) is 0 Å². The van der Waals surface area contributed by atoms with Gasteiger partial charge in [-0.2, -0.15) is 0 Å². The Morgan fingerprint density at radius 1 is 1.45 bits per heavy atom. The van der Waals surface area contributed by atoms with Crippen molar-refractivity contribution in [3.05, 3.63) is 29.6 Å². The van der Waals surface area contributed by atoms with Crippen molar-refractivity contribution in [2.45, 2.75) is 31.7 Å². The van der Waals surface area contributed by atoms with Gasteiger partial charge in [-0.25, -0.2) is 4.39 Å². The van der Waals surface area contributed by atoms with Crippen LogP contribution < -0.4 is 10.1 Å². The molecule has 0 bridgehead atoms. The first-order valence-corrected chi connectivity index (χ1v) is 7.98. The van der Waals surface area contributed by atoms with Gasteiger partial charge in [0.2, 0.25) is 0 Å². The summed E-state index contributed by atoms with van der Waals surface area (Å²) in [6.07, 6.45) is 4.48. The van der Waals surface area contributed by atoms with E-state index in [4.69, 9.17) is 4.74 Å². The molecule has 2 atom stereocenters. The lowest BCUT2D eigenvalue weighted by atomic mass is 9.86. The molecule has 0 saturated heterocycles. The number of rotatable bonds is 4. The normalized spacial score (nSPS) is 22.4. The highest BCUT2D eigenvalue weighted by atomic mass is 79.9. The monoisotopic (exact) mass is 343 g/mol. The molecule has 0 spiro atoms. The minimum Gasteiger partial charge on any atom is -0.494 e. The van der Waals surface area contributed by atoms with E-state index in [-0.39, 0.29) is 17.7 Å². The molecular formula is C15H19BrFNO2. The van der Waals surface area contributed by atoms with E-state index in [9.17, 15) is 9.18 Å². The molecule has 5 heteroatoms. The van der Waals surface area contributed by atoms with Crippen LogP contribution in [-0.4, -0.2) is 24.4 Å². The van der Waals surface area contributed by atoms with Crippen LogP contribution in [0.3, 0.4) is 0 Å². The Hall–Kier alpha value is -1.10. The summed E-state index contributed by atoms with van der Waals surface area (Å²) in [5, 5.41) is 3.95. The molecule has 1 saturated carbocycles. The van der Waals surface area contributed by atoms with E-state index in [2.05, 4.69) is 21.2 Å². The first-order chi connectivity index (χ1) is 9.65. The molecule has 0 radical (unpaired) electrons. The summed E-state index contributed by atoms with van der Waals surface area (Å²) in [4.78, 5) is 12.2. The highest BCUT2D eigenvalue weighted by molar-refractivity contribution is 9.09. The van der Waals surface area contributed by atoms with Gasteiger partial charge in [0.05, 0.1) is 7.11 Å². The molecule has 3 nitrogen and oxygen atoms in total. The summed E-state index contributed by atoms with van der Waals surface area (Å²) in [5.41, 5.74) is 0.433. The topological polar surface area (TPSA) is 38.3 Å². The molecule has 20 heavy (non-hydrogen) atoms. The Labute approximate surface area is 127 Å². The van der Waals surface area contributed by atoms with E-state index in [1.165, 1.54) is 31.7 Å². The van der Waals surface area contributed by atoms with E-state index in [1.54, 1.807) is 0 Å². The molecule has 0 aliphatic heterocycles. The molecule has 1 amide bonds. The van der Waals surface area contributed by atoms with Crippen LogP contribution in [0.1, 0.15) is 36.0 Å². The standard InChI is InChI=1S/C15H19BrFNO2/c1-20-14-8-10(6-7-12(14)17)15(19)18-13-5-3-2-4-11(13)9-16/h6-8,11,13H,2-5,9H2,1H3,(H,18,19). The number of nitrogens with one attached hydrogen (secondary N) is 1. The highest BCUT2D eigenvalue weighted by Gasteiger charge is 2.26. The van der Waals surface area contributed by atoms with E-state index in [0.717, 1.165) is 24.6 Å². The van der Waals surface area contributed by atoms with Crippen molar-refractivity contribution in [1.29, 1.82) is 0 Å². The van der Waals surface area contributed by atoms with Crippen molar-refractivity contribution in [3.8, 4) is 5.75 Å². The Bertz CT molecular complexity index is 481. The molecule has 1 aromatic rings. The molecule has 0 heterocycles. The maximum atomic E-state index is 13.3. The highest BCUT2D eigenvalue weighted by Crippen LogP contribution is 2.26. The molecule has 1 aliphatic rings. The smallest absolute Gasteiger partial charge is 0.251 e. The Kier molecular flexibility index (Phi) is 5.40. The van der Waals surface area contributed by atoms with Gasteiger partial charge in [0.25, 0.3) is 5.91 Å². The minimum absolute atomic E-state index is 0.0957. The van der Waals surface area contributed by atoms with Crippen LogP contribution in [0.25, 0.3) is 0 Å². The Balaban J connectivity index is 2.07. The van der Waals surface area contributed by atoms with Crippen molar-refractivity contribution in [1.82, 2.24) is 5.32 Å². The summed E-state index contributed by atoms with van der Waals surface area (Å²) in [7, 11) is 1.39. The summed E-state index contributed by atoms with van der Waals surface area (Å²) in [6.45, 7) is 0. The number of halogens is 2. The van der Waals surface area contributed by atoms with Crippen LogP contribution in [0.2, 0.25) is 0 Å². The zero-order valence-corrected chi connectivity index (χ0v) is 13.1. The fourth-order valence-corrected chi connectivity index (χ4v) is 3.41. The van der Waals surface area contributed by atoms with Gasteiger partial charge in [0, 0.05) is 16.9 Å². The molecule has 110 valence electrons. The van der Waals surface area contributed by atoms with Crippen LogP contribution in [0.15, 0.2) is 18.2 Å². The molecule has 1 fully saturated rings. The number of methoxy groups -OCH3 is 1. The summed E-state index contributed by atoms with van der Waals surface area (Å²) >= 11 is 3.51. The molecule has 0 aromatic heterocycles. The van der Waals surface area contributed by atoms with Crippen molar-refractivity contribution in [3.63, 3.8) is 0 Å². The molecule has 1 aliphatic carbocycles. The number of alkyl halides is 1. The van der Waals surface area contributed by atoms with E-state index in [0.29, 0.717) is 11.5 Å². The van der Waals surface area contributed by atoms with Crippen molar-refractivity contribution >= 4 is 21.8 Å². The number of ether oxygens (including phenoxy) is 1. The molecular weight excluding hydrogens is 325 g/mol. The number of hydrogen-bond donors (Lipinski definition) is 1. The largest absolute Gasteiger partial charge is 0.494 e. The van der Waals surface area contributed by atoms with E-state index < -0.39 is 5.82 Å². The second-order valence-corrected chi connectivity index (χ2v) is 5.78. The van der Waals surface area contributed by atoms with Gasteiger partial charge in [-0.15, -0.1) is 0 Å². The predicted molar refractivity (Wildman–Crippen MR) is 80.0 cm³/mol. The van der Waals surface area contributed by atoms with Gasteiger partial charge in [-0.05, 0) is 37.0 Å². The molecule has 1 N–H and O–H groups in total. The number of benzene rings is 1. The van der Waals surface area contributed by atoms with Crippen molar-refractivity contribution in [2.75, 3.05) is 12.4 Å². The number of amides is 1. The van der Waals surface area contributed by atoms with Crippen LogP contribution >= 0.6 is 15.9 Å². The lowest BCUT2D eigenvalue weighted by Gasteiger charge is -2.31. The quantitative estimate of drug-likeness (QED) is 0.849. The van der Waals surface area contributed by atoms with Gasteiger partial charge in [0.15, 0.2) is 11.6 Å². The second kappa shape index (κ2) is 7.07. The lowest BCUT2D eigenvalue weighted by molar-refractivity contribution is 0.0911. The average Bonchev–Trinajstić information content (AvgIpc) is 2.48. The fourth-order valence-electron chi connectivity index (χ4n) is 2.64. The van der Waals surface area contributed by atoms with Crippen LogP contribution in [0.5, 0.6) is 5.75 Å². The Morgan fingerprint density at radius 2 is 2.20 bits per heavy atom. The lowest BCUT2D eigenvalue weighted by Crippen LogP contribution is -2.42. The third-order valence-electron chi connectivity index (χ3n) is 3.84. The van der Waals surface area contributed by atoms with Crippen molar-refractivity contribution in [2.24, 2.45) is 5.92 Å². The molecule has 2 rings (SSSR count). The maximum absolute atomic E-state index is 13.3. The van der Waals surface area contributed by atoms with Gasteiger partial charge in [-0.1, -0.05) is 28.8 Å². The molecule has 1 aromatic carbocycles. The second-order valence-electron chi connectivity index (χ2n) is 5.13. The van der Waals surface area contributed by atoms with Gasteiger partial charge in [-0.3, -0.25) is 4.79 Å². The maximum Gasteiger partial charge on any atom is 0.251 e. The number of hydrogen-bond acceptors (Lipinski definition) is 2. The van der Waals surface area contributed by atoms with Gasteiger partial charge < -0.3 is 10.1 Å². The van der Waals surface area contributed by atoms with Crippen molar-refractivity contribution < 1.29 is 13.9 Å². The van der Waals surface area contributed by atoms with Crippen LogP contribution in [-0.2, 0) is 0 Å². The number of carbonyl (C=O) groups excluding carboxylic acids is 1. The number of carbonyl (C=O) groups is 1. The zero-order chi connectivity index (χ0) is 14.5. The third kappa shape index (κ3) is 3.51. The third-order valence-corrected chi connectivity index (χ3v) is 4.67. The Morgan fingerprint density at radius 3 is 2.90 bits per heavy atom. The average molecular weight is 344 g/mol. The minimum atomic E-state index is -0.458. The SMILES string of the molecule is COc1cc(C(=O)NC2CCCCC2CBr)ccc1F. The van der Waals surface area contributed by atoms with Gasteiger partial charge in [0.1, 0.15) is 0 Å². The fraction of sp³-hybridized carbons (Fsp3) is 0.533. The summed E-state index contributed by atoms with van der Waals surface area (Å²) < 4.78 is 18.3. The van der Waals surface area contributed by atoms with Crippen LogP contribution in [0, 0.1) is 11.7 Å². The van der Waals surface area contributed by atoms with E-state index >= 15 is 0 Å². The molecule has 2 unspecified atom stereocenters. The first kappa shape index (κ1) is 15.3. The zero-order valence-electron chi connectivity index (χ0n) is 11.5. The van der Waals surface area contributed by atoms with Crippen LogP contribution in [0.4, 0.5) is 4.39 Å². The summed E-state index contributed by atoms with van der Waals surface area (Å²) in [5.74, 6) is -0.0606. The summed E-state index contributed by atoms with van der Waals surface area (Å²) in [6, 6.07) is 4.37.